The predicted molar refractivity (Wildman–Crippen MR) is 288 cm³/mol. The molecule has 0 aliphatic heterocycles. The molecule has 3 unspecified atom stereocenters. The molecule has 0 saturated carbocycles. The van der Waals surface area contributed by atoms with Gasteiger partial charge in [0.25, 0.3) is 7.82 Å². The quantitative estimate of drug-likeness (QED) is 0.0272. The third-order valence-electron chi connectivity index (χ3n) is 13.1. The number of allylic oxidation sites excluding steroid dienone is 5. The van der Waals surface area contributed by atoms with E-state index >= 15 is 0 Å². The summed E-state index contributed by atoms with van der Waals surface area (Å²) < 4.78 is 23.3. The Labute approximate surface area is 417 Å². The zero-order chi connectivity index (χ0) is 49.2. The van der Waals surface area contributed by atoms with Gasteiger partial charge in [0.2, 0.25) is 5.91 Å². The molecule has 1 amide bonds. The minimum Gasteiger partial charge on any atom is -0.756 e. The van der Waals surface area contributed by atoms with Crippen LogP contribution in [0.25, 0.3) is 0 Å². The third kappa shape index (κ3) is 52.4. The number of hydrogen-bond acceptors (Lipinski definition) is 6. The molecule has 0 bridgehead atoms. The average molecular weight is 966 g/mol. The van der Waals surface area contributed by atoms with E-state index in [9.17, 15) is 19.4 Å². The summed E-state index contributed by atoms with van der Waals surface area (Å²) >= 11 is 0. The Morgan fingerprint density at radius 1 is 0.507 bits per heavy atom. The summed E-state index contributed by atoms with van der Waals surface area (Å²) in [5.41, 5.74) is 0. The zero-order valence-corrected chi connectivity index (χ0v) is 46.0. The lowest BCUT2D eigenvalue weighted by atomic mass is 10.0. The van der Waals surface area contributed by atoms with Crippen LogP contribution < -0.4 is 10.2 Å². The van der Waals surface area contributed by atoms with Crippen LogP contribution in [0.1, 0.15) is 277 Å². The Balaban J connectivity index is 4.16. The van der Waals surface area contributed by atoms with Crippen molar-refractivity contribution >= 4 is 13.7 Å². The molecular weight excluding hydrogens is 852 g/mol. The number of aliphatic hydroxyl groups excluding tert-OH is 1. The lowest BCUT2D eigenvalue weighted by Crippen LogP contribution is -2.45. The minimum absolute atomic E-state index is 0.00747. The summed E-state index contributed by atoms with van der Waals surface area (Å²) in [7, 11) is 1.24. The summed E-state index contributed by atoms with van der Waals surface area (Å²) in [6.07, 6.45) is 63.8. The first-order valence-corrected chi connectivity index (χ1v) is 30.3. The van der Waals surface area contributed by atoms with Crippen LogP contribution in [0.15, 0.2) is 36.5 Å². The molecule has 0 fully saturated rings. The second-order valence-electron chi connectivity index (χ2n) is 21.0. The van der Waals surface area contributed by atoms with Gasteiger partial charge in [-0.05, 0) is 44.9 Å². The van der Waals surface area contributed by atoms with Gasteiger partial charge < -0.3 is 28.8 Å². The van der Waals surface area contributed by atoms with Crippen molar-refractivity contribution in [1.82, 2.24) is 5.32 Å². The van der Waals surface area contributed by atoms with E-state index in [1.165, 1.54) is 212 Å². The lowest BCUT2D eigenvalue weighted by Gasteiger charge is -2.29. The van der Waals surface area contributed by atoms with E-state index in [0.29, 0.717) is 17.4 Å². The van der Waals surface area contributed by atoms with Gasteiger partial charge in [-0.2, -0.15) is 0 Å². The normalized spacial score (nSPS) is 14.2. The lowest BCUT2D eigenvalue weighted by molar-refractivity contribution is -0.870. The molecular formula is C58H113N2O6P. The number of phosphoric acid groups is 1. The predicted octanol–water partition coefficient (Wildman–Crippen LogP) is 16.7. The summed E-state index contributed by atoms with van der Waals surface area (Å²) in [5, 5.41) is 13.8. The number of carbonyl (C=O) groups excluding carboxylic acids is 1. The molecule has 2 N–H and O–H groups in total. The second kappa shape index (κ2) is 49.7. The number of likely N-dealkylation sites (N-methyl/N-ethyl adjacent to an activating group) is 1. The molecule has 0 heterocycles. The Hall–Kier alpha value is -1.28. The Morgan fingerprint density at radius 2 is 0.836 bits per heavy atom. The van der Waals surface area contributed by atoms with Gasteiger partial charge in [-0.25, -0.2) is 0 Å². The number of aliphatic hydroxyl groups is 1. The largest absolute Gasteiger partial charge is 0.756 e. The van der Waals surface area contributed by atoms with E-state index < -0.39 is 26.6 Å². The van der Waals surface area contributed by atoms with Crippen molar-refractivity contribution in [2.24, 2.45) is 0 Å². The van der Waals surface area contributed by atoms with E-state index in [0.717, 1.165) is 44.9 Å². The van der Waals surface area contributed by atoms with E-state index in [1.54, 1.807) is 6.08 Å². The second-order valence-corrected chi connectivity index (χ2v) is 22.4. The van der Waals surface area contributed by atoms with Gasteiger partial charge in [0.05, 0.1) is 39.9 Å². The van der Waals surface area contributed by atoms with Crippen molar-refractivity contribution < 1.29 is 32.9 Å². The number of quaternary nitrogens is 1. The molecule has 67 heavy (non-hydrogen) atoms. The van der Waals surface area contributed by atoms with Crippen molar-refractivity contribution in [2.45, 2.75) is 289 Å². The molecule has 0 aliphatic rings. The van der Waals surface area contributed by atoms with Crippen molar-refractivity contribution in [2.75, 3.05) is 40.9 Å². The standard InChI is InChI=1S/C58H113N2O6P/c1-6-8-10-12-14-16-18-20-22-24-25-26-27-28-29-30-31-32-33-34-36-38-40-42-44-46-48-50-52-58(62)59-56(55-66-67(63,64)65-54-53-60(3,4)5)57(61)51-49-47-45-43-41-39-37-35-23-21-19-17-15-13-11-9-7-2/h23,35,41,43,49,51,56-57,61H,6-22,24-34,36-40,42,44-48,50,52-55H2,1-5H3,(H-,59,62,63,64)/b35-23+,43-41+,51-49+. The minimum atomic E-state index is -4.60. The van der Waals surface area contributed by atoms with Crippen LogP contribution >= 0.6 is 7.82 Å². The number of nitrogens with zero attached hydrogens (tertiary/aromatic N) is 1. The van der Waals surface area contributed by atoms with Gasteiger partial charge in [-0.3, -0.25) is 9.36 Å². The monoisotopic (exact) mass is 965 g/mol. The first-order valence-electron chi connectivity index (χ1n) is 28.9. The fourth-order valence-electron chi connectivity index (χ4n) is 8.54. The Morgan fingerprint density at radius 3 is 1.21 bits per heavy atom. The first-order chi connectivity index (χ1) is 32.5. The van der Waals surface area contributed by atoms with Gasteiger partial charge in [0.15, 0.2) is 0 Å². The van der Waals surface area contributed by atoms with Crippen LogP contribution in [0, 0.1) is 0 Å². The molecule has 0 saturated heterocycles. The van der Waals surface area contributed by atoms with Crippen molar-refractivity contribution in [3.63, 3.8) is 0 Å². The van der Waals surface area contributed by atoms with Crippen molar-refractivity contribution in [3.8, 4) is 0 Å². The van der Waals surface area contributed by atoms with Gasteiger partial charge in [-0.15, -0.1) is 0 Å². The van der Waals surface area contributed by atoms with Gasteiger partial charge in [0, 0.05) is 6.42 Å². The summed E-state index contributed by atoms with van der Waals surface area (Å²) in [5.74, 6) is -0.207. The van der Waals surface area contributed by atoms with Crippen molar-refractivity contribution in [1.29, 1.82) is 0 Å². The van der Waals surface area contributed by atoms with Crippen LogP contribution in [-0.4, -0.2) is 68.5 Å². The van der Waals surface area contributed by atoms with Crippen molar-refractivity contribution in [3.05, 3.63) is 36.5 Å². The highest BCUT2D eigenvalue weighted by Gasteiger charge is 2.23. The van der Waals surface area contributed by atoms with Crippen LogP contribution in [0.2, 0.25) is 0 Å². The molecule has 8 nitrogen and oxygen atoms in total. The van der Waals surface area contributed by atoms with Gasteiger partial charge in [-0.1, -0.05) is 262 Å². The highest BCUT2D eigenvalue weighted by Crippen LogP contribution is 2.38. The third-order valence-corrected chi connectivity index (χ3v) is 14.0. The molecule has 0 aromatic carbocycles. The topological polar surface area (TPSA) is 108 Å². The summed E-state index contributed by atoms with van der Waals surface area (Å²) in [6, 6.07) is -0.907. The van der Waals surface area contributed by atoms with E-state index in [2.05, 4.69) is 43.5 Å². The Bertz CT molecular complexity index is 1190. The molecule has 0 aliphatic carbocycles. The van der Waals surface area contributed by atoms with Gasteiger partial charge in [0.1, 0.15) is 13.2 Å². The van der Waals surface area contributed by atoms with Crippen LogP contribution in [0.5, 0.6) is 0 Å². The van der Waals surface area contributed by atoms with Crippen LogP contribution in [-0.2, 0) is 18.4 Å². The van der Waals surface area contributed by atoms with E-state index in [1.807, 2.05) is 27.2 Å². The number of unbranched alkanes of at least 4 members (excludes halogenated alkanes) is 36. The maximum atomic E-state index is 12.9. The number of amides is 1. The SMILES string of the molecule is CCCCCCCCC/C=C/CC/C=C/CC/C=C/C(O)C(COP(=O)([O-])OCC[N+](C)(C)C)NC(=O)CCCCCCCCCCCCCCCCCCCCCCCCCCCCCC. The Kier molecular flexibility index (Phi) is 48.7. The number of phosphoric ester groups is 1. The zero-order valence-electron chi connectivity index (χ0n) is 45.1. The number of rotatable bonds is 53. The van der Waals surface area contributed by atoms with Crippen LogP contribution in [0.3, 0.4) is 0 Å². The molecule has 0 radical (unpaired) electrons. The highest BCUT2D eigenvalue weighted by atomic mass is 31.2. The summed E-state index contributed by atoms with van der Waals surface area (Å²) in [4.78, 5) is 25.5. The van der Waals surface area contributed by atoms with Crippen LogP contribution in [0.4, 0.5) is 0 Å². The summed E-state index contributed by atoms with van der Waals surface area (Å²) in [6.45, 7) is 4.64. The molecule has 0 rings (SSSR count). The number of nitrogens with one attached hydrogen (secondary N) is 1. The van der Waals surface area contributed by atoms with E-state index in [4.69, 9.17) is 9.05 Å². The van der Waals surface area contributed by atoms with E-state index in [-0.39, 0.29) is 12.5 Å². The molecule has 0 aromatic rings. The molecule has 9 heteroatoms. The maximum absolute atomic E-state index is 12.9. The first kappa shape index (κ1) is 65.7. The molecule has 396 valence electrons. The average Bonchev–Trinajstić information content (AvgIpc) is 3.29. The number of carbonyl (C=O) groups is 1. The number of hydrogen-bond donors (Lipinski definition) is 2. The maximum Gasteiger partial charge on any atom is 0.268 e. The molecule has 0 aromatic heterocycles. The van der Waals surface area contributed by atoms with Gasteiger partial charge >= 0.3 is 0 Å². The smallest absolute Gasteiger partial charge is 0.268 e. The highest BCUT2D eigenvalue weighted by molar-refractivity contribution is 7.45. The molecule has 3 atom stereocenters. The fourth-order valence-corrected chi connectivity index (χ4v) is 9.26. The molecule has 0 spiro atoms. The fraction of sp³-hybridized carbons (Fsp3) is 0.879.